The maximum atomic E-state index is 13.9. The summed E-state index contributed by atoms with van der Waals surface area (Å²) in [4.78, 5) is 0. The molecule has 1 atom stereocenters. The first-order chi connectivity index (χ1) is 6.99. The monoisotopic (exact) mass is 211 g/mol. The summed E-state index contributed by atoms with van der Waals surface area (Å²) < 4.78 is 27.5. The van der Waals surface area contributed by atoms with Crippen molar-refractivity contribution in [3.05, 3.63) is 34.9 Å². The standard InChI is InChI=1S/C12H15F2N/c1-7-3-4-9(13)10(11(7)14)12(5-6-12)8(2)15/h3-4,8H,5-6,15H2,1-2H3. The molecule has 2 rings (SSSR count). The highest BCUT2D eigenvalue weighted by molar-refractivity contribution is 5.38. The second-order valence-electron chi connectivity index (χ2n) is 4.50. The molecule has 0 bridgehead atoms. The number of benzene rings is 1. The van der Waals surface area contributed by atoms with Crippen LogP contribution in [-0.2, 0) is 5.41 Å². The van der Waals surface area contributed by atoms with Gasteiger partial charge in [-0.1, -0.05) is 6.07 Å². The van der Waals surface area contributed by atoms with Crippen LogP contribution in [-0.4, -0.2) is 6.04 Å². The first-order valence-corrected chi connectivity index (χ1v) is 5.20. The van der Waals surface area contributed by atoms with Gasteiger partial charge in [-0.05, 0) is 38.3 Å². The third-order valence-corrected chi connectivity index (χ3v) is 3.44. The summed E-state index contributed by atoms with van der Waals surface area (Å²) in [7, 11) is 0. The molecule has 3 heteroatoms. The van der Waals surface area contributed by atoms with Gasteiger partial charge in [0.05, 0.1) is 0 Å². The molecule has 0 heterocycles. The Labute approximate surface area is 88.3 Å². The normalized spacial score (nSPS) is 20.1. The van der Waals surface area contributed by atoms with E-state index in [-0.39, 0.29) is 11.6 Å². The summed E-state index contributed by atoms with van der Waals surface area (Å²) in [5.41, 5.74) is 6.04. The Morgan fingerprint density at radius 2 is 1.93 bits per heavy atom. The van der Waals surface area contributed by atoms with Crippen molar-refractivity contribution in [2.45, 2.75) is 38.1 Å². The molecule has 15 heavy (non-hydrogen) atoms. The molecule has 0 spiro atoms. The number of rotatable bonds is 2. The molecule has 82 valence electrons. The van der Waals surface area contributed by atoms with Crippen LogP contribution in [0.5, 0.6) is 0 Å². The Morgan fingerprint density at radius 1 is 1.33 bits per heavy atom. The van der Waals surface area contributed by atoms with Gasteiger partial charge in [0.15, 0.2) is 0 Å². The first-order valence-electron chi connectivity index (χ1n) is 5.20. The van der Waals surface area contributed by atoms with E-state index in [4.69, 9.17) is 5.73 Å². The third-order valence-electron chi connectivity index (χ3n) is 3.44. The van der Waals surface area contributed by atoms with E-state index in [9.17, 15) is 8.78 Å². The molecule has 1 saturated carbocycles. The average molecular weight is 211 g/mol. The molecule has 0 saturated heterocycles. The second kappa shape index (κ2) is 3.27. The summed E-state index contributed by atoms with van der Waals surface area (Å²) in [6.07, 6.45) is 1.56. The van der Waals surface area contributed by atoms with Crippen molar-refractivity contribution in [2.24, 2.45) is 5.73 Å². The SMILES string of the molecule is Cc1ccc(F)c(C2(C(C)N)CC2)c1F. The van der Waals surface area contributed by atoms with Crippen LogP contribution in [0.2, 0.25) is 0 Å². The van der Waals surface area contributed by atoms with Gasteiger partial charge in [-0.3, -0.25) is 0 Å². The lowest BCUT2D eigenvalue weighted by Gasteiger charge is -2.22. The van der Waals surface area contributed by atoms with Crippen LogP contribution in [0.15, 0.2) is 12.1 Å². The molecule has 1 aliphatic carbocycles. The predicted molar refractivity (Wildman–Crippen MR) is 55.7 cm³/mol. The zero-order valence-corrected chi connectivity index (χ0v) is 8.98. The molecule has 1 unspecified atom stereocenters. The van der Waals surface area contributed by atoms with Gasteiger partial charge in [0.2, 0.25) is 0 Å². The highest BCUT2D eigenvalue weighted by atomic mass is 19.1. The fourth-order valence-electron chi connectivity index (χ4n) is 2.18. The summed E-state index contributed by atoms with van der Waals surface area (Å²) in [5, 5.41) is 0. The topological polar surface area (TPSA) is 26.0 Å². The minimum absolute atomic E-state index is 0.192. The number of nitrogens with two attached hydrogens (primary N) is 1. The molecule has 1 aromatic rings. The van der Waals surface area contributed by atoms with E-state index in [0.29, 0.717) is 5.56 Å². The Kier molecular flexibility index (Phi) is 2.30. The minimum Gasteiger partial charge on any atom is -0.327 e. The molecule has 1 aromatic carbocycles. The molecule has 0 aliphatic heterocycles. The quantitative estimate of drug-likeness (QED) is 0.799. The van der Waals surface area contributed by atoms with Crippen molar-refractivity contribution in [1.29, 1.82) is 0 Å². The molecular formula is C12H15F2N. The fourth-order valence-corrected chi connectivity index (χ4v) is 2.18. The van der Waals surface area contributed by atoms with E-state index in [0.717, 1.165) is 12.8 Å². The van der Waals surface area contributed by atoms with Crippen LogP contribution < -0.4 is 5.73 Å². The van der Waals surface area contributed by atoms with Crippen molar-refractivity contribution in [1.82, 2.24) is 0 Å². The highest BCUT2D eigenvalue weighted by Gasteiger charge is 2.50. The Hall–Kier alpha value is -0.960. The number of halogens is 2. The van der Waals surface area contributed by atoms with Gasteiger partial charge in [0.25, 0.3) is 0 Å². The summed E-state index contributed by atoms with van der Waals surface area (Å²) >= 11 is 0. The molecule has 1 aliphatic rings. The van der Waals surface area contributed by atoms with Crippen LogP contribution in [0.4, 0.5) is 8.78 Å². The highest BCUT2D eigenvalue weighted by Crippen LogP contribution is 2.52. The molecule has 1 nitrogen and oxygen atoms in total. The molecule has 0 radical (unpaired) electrons. The lowest BCUT2D eigenvalue weighted by atomic mass is 9.87. The second-order valence-corrected chi connectivity index (χ2v) is 4.50. The molecule has 1 fully saturated rings. The molecule has 2 N–H and O–H groups in total. The zero-order valence-electron chi connectivity index (χ0n) is 8.98. The van der Waals surface area contributed by atoms with E-state index in [1.165, 1.54) is 12.1 Å². The first kappa shape index (κ1) is 10.6. The van der Waals surface area contributed by atoms with E-state index in [1.54, 1.807) is 6.92 Å². The third kappa shape index (κ3) is 1.46. The smallest absolute Gasteiger partial charge is 0.132 e. The van der Waals surface area contributed by atoms with Crippen LogP contribution in [0, 0.1) is 18.6 Å². The number of hydrogen-bond donors (Lipinski definition) is 1. The van der Waals surface area contributed by atoms with E-state index in [2.05, 4.69) is 0 Å². The number of aryl methyl sites for hydroxylation is 1. The Bertz CT molecular complexity index is 395. The van der Waals surface area contributed by atoms with Crippen molar-refractivity contribution in [3.8, 4) is 0 Å². The van der Waals surface area contributed by atoms with Gasteiger partial charge in [-0.15, -0.1) is 0 Å². The van der Waals surface area contributed by atoms with Gasteiger partial charge >= 0.3 is 0 Å². The van der Waals surface area contributed by atoms with Crippen LogP contribution >= 0.6 is 0 Å². The fraction of sp³-hybridized carbons (Fsp3) is 0.500. The zero-order chi connectivity index (χ0) is 11.2. The minimum atomic E-state index is -0.465. The number of hydrogen-bond acceptors (Lipinski definition) is 1. The molecule has 0 amide bonds. The summed E-state index contributed by atoms with van der Waals surface area (Å²) in [6.45, 7) is 3.46. The van der Waals surface area contributed by atoms with Crippen LogP contribution in [0.1, 0.15) is 30.9 Å². The van der Waals surface area contributed by atoms with E-state index < -0.39 is 17.0 Å². The van der Waals surface area contributed by atoms with Crippen molar-refractivity contribution < 1.29 is 8.78 Å². The maximum Gasteiger partial charge on any atom is 0.132 e. The van der Waals surface area contributed by atoms with Crippen LogP contribution in [0.3, 0.4) is 0 Å². The van der Waals surface area contributed by atoms with Crippen molar-refractivity contribution in [3.63, 3.8) is 0 Å². The van der Waals surface area contributed by atoms with Crippen molar-refractivity contribution >= 4 is 0 Å². The lowest BCUT2D eigenvalue weighted by Crippen LogP contribution is -2.33. The maximum absolute atomic E-state index is 13.9. The summed E-state index contributed by atoms with van der Waals surface area (Å²) in [5.74, 6) is -0.891. The Morgan fingerprint density at radius 3 is 2.40 bits per heavy atom. The van der Waals surface area contributed by atoms with Gasteiger partial charge < -0.3 is 5.73 Å². The van der Waals surface area contributed by atoms with Gasteiger partial charge in [0.1, 0.15) is 11.6 Å². The van der Waals surface area contributed by atoms with Crippen LogP contribution in [0.25, 0.3) is 0 Å². The average Bonchev–Trinajstić information content (AvgIpc) is 2.93. The Balaban J connectivity index is 2.57. The van der Waals surface area contributed by atoms with Gasteiger partial charge in [-0.25, -0.2) is 8.78 Å². The lowest BCUT2D eigenvalue weighted by molar-refractivity contribution is 0.470. The largest absolute Gasteiger partial charge is 0.327 e. The molecular weight excluding hydrogens is 196 g/mol. The predicted octanol–water partition coefficient (Wildman–Crippen LogP) is 2.65. The van der Waals surface area contributed by atoms with Crippen molar-refractivity contribution in [2.75, 3.05) is 0 Å². The van der Waals surface area contributed by atoms with E-state index >= 15 is 0 Å². The van der Waals surface area contributed by atoms with Gasteiger partial charge in [-0.2, -0.15) is 0 Å². The molecule has 0 aromatic heterocycles. The van der Waals surface area contributed by atoms with Gasteiger partial charge in [0, 0.05) is 17.0 Å². The van der Waals surface area contributed by atoms with E-state index in [1.807, 2.05) is 6.92 Å². The summed E-state index contributed by atoms with van der Waals surface area (Å²) in [6, 6.07) is 2.59.